The van der Waals surface area contributed by atoms with E-state index < -0.39 is 0 Å². The SMILES string of the molecule is CCOc1cc(C(CCN(C)C)N2Cc3cccc(NC(=O)C4CC4)c3C2=O)ccc1OC. The molecule has 4 rings (SSSR count). The molecule has 1 aliphatic carbocycles. The third-order valence-corrected chi connectivity index (χ3v) is 6.27. The monoisotopic (exact) mass is 451 g/mol. The van der Waals surface area contributed by atoms with E-state index in [0.29, 0.717) is 35.9 Å². The molecular formula is C26H33N3O4. The van der Waals surface area contributed by atoms with Gasteiger partial charge in [0.25, 0.3) is 5.91 Å². The van der Waals surface area contributed by atoms with Crippen LogP contribution in [0.2, 0.25) is 0 Å². The lowest BCUT2D eigenvalue weighted by atomic mass is 10.0. The maximum absolute atomic E-state index is 13.7. The number of nitrogens with one attached hydrogen (secondary N) is 1. The third-order valence-electron chi connectivity index (χ3n) is 6.27. The van der Waals surface area contributed by atoms with Gasteiger partial charge in [-0.25, -0.2) is 0 Å². The van der Waals surface area contributed by atoms with Crippen molar-refractivity contribution in [2.75, 3.05) is 39.7 Å². The van der Waals surface area contributed by atoms with Crippen LogP contribution in [0.15, 0.2) is 36.4 Å². The van der Waals surface area contributed by atoms with Crippen LogP contribution in [0.5, 0.6) is 11.5 Å². The molecule has 0 bridgehead atoms. The Bertz CT molecular complexity index is 1030. The van der Waals surface area contributed by atoms with Gasteiger partial charge in [0.15, 0.2) is 11.5 Å². The summed E-state index contributed by atoms with van der Waals surface area (Å²) in [6.45, 7) is 3.80. The zero-order valence-corrected chi connectivity index (χ0v) is 19.9. The summed E-state index contributed by atoms with van der Waals surface area (Å²) in [5, 5.41) is 2.99. The van der Waals surface area contributed by atoms with E-state index in [1.54, 1.807) is 7.11 Å². The van der Waals surface area contributed by atoms with Gasteiger partial charge < -0.3 is 24.6 Å². The lowest BCUT2D eigenvalue weighted by Crippen LogP contribution is -2.32. The number of ether oxygens (including phenoxy) is 2. The lowest BCUT2D eigenvalue weighted by Gasteiger charge is -2.30. The Morgan fingerprint density at radius 1 is 1.21 bits per heavy atom. The number of hydrogen-bond donors (Lipinski definition) is 1. The van der Waals surface area contributed by atoms with Crippen LogP contribution in [0.3, 0.4) is 0 Å². The second kappa shape index (κ2) is 9.83. The van der Waals surface area contributed by atoms with E-state index in [1.807, 2.05) is 62.3 Å². The van der Waals surface area contributed by atoms with Crippen LogP contribution in [0, 0.1) is 5.92 Å². The van der Waals surface area contributed by atoms with Gasteiger partial charge in [0.2, 0.25) is 5.91 Å². The van der Waals surface area contributed by atoms with Crippen LogP contribution in [-0.4, -0.2) is 56.0 Å². The number of hydrogen-bond acceptors (Lipinski definition) is 5. The molecule has 2 amide bonds. The Labute approximate surface area is 195 Å². The number of anilines is 1. The van der Waals surface area contributed by atoms with Crippen molar-refractivity contribution in [1.82, 2.24) is 9.80 Å². The minimum absolute atomic E-state index is 0.00955. The van der Waals surface area contributed by atoms with Crippen molar-refractivity contribution in [1.29, 1.82) is 0 Å². The topological polar surface area (TPSA) is 71.1 Å². The predicted molar refractivity (Wildman–Crippen MR) is 128 cm³/mol. The summed E-state index contributed by atoms with van der Waals surface area (Å²) in [4.78, 5) is 30.1. The van der Waals surface area contributed by atoms with E-state index >= 15 is 0 Å². The number of methoxy groups -OCH3 is 1. The molecule has 1 unspecified atom stereocenters. The van der Waals surface area contributed by atoms with Crippen LogP contribution in [0.25, 0.3) is 0 Å². The summed E-state index contributed by atoms with van der Waals surface area (Å²) >= 11 is 0. The highest BCUT2D eigenvalue weighted by atomic mass is 16.5. The Morgan fingerprint density at radius 3 is 2.67 bits per heavy atom. The molecule has 1 fully saturated rings. The summed E-state index contributed by atoms with van der Waals surface area (Å²) < 4.78 is 11.3. The Kier molecular flexibility index (Phi) is 6.88. The fourth-order valence-electron chi connectivity index (χ4n) is 4.37. The van der Waals surface area contributed by atoms with Crippen molar-refractivity contribution in [3.63, 3.8) is 0 Å². The van der Waals surface area contributed by atoms with Gasteiger partial charge in [-0.05, 0) is 76.2 Å². The fourth-order valence-corrected chi connectivity index (χ4v) is 4.37. The maximum atomic E-state index is 13.7. The van der Waals surface area contributed by atoms with Crippen molar-refractivity contribution in [3.05, 3.63) is 53.1 Å². The minimum atomic E-state index is -0.135. The first kappa shape index (κ1) is 23.1. The minimum Gasteiger partial charge on any atom is -0.493 e. The Balaban J connectivity index is 1.66. The zero-order chi connectivity index (χ0) is 23.5. The van der Waals surface area contributed by atoms with Gasteiger partial charge in [-0.2, -0.15) is 0 Å². The van der Waals surface area contributed by atoms with Crippen molar-refractivity contribution in [2.45, 2.75) is 38.8 Å². The molecule has 2 aliphatic rings. The molecule has 33 heavy (non-hydrogen) atoms. The van der Waals surface area contributed by atoms with Crippen LogP contribution in [-0.2, 0) is 11.3 Å². The quantitative estimate of drug-likeness (QED) is 0.589. The number of amides is 2. The summed E-state index contributed by atoms with van der Waals surface area (Å²) in [7, 11) is 5.69. The molecule has 1 atom stereocenters. The molecule has 2 aromatic carbocycles. The van der Waals surface area contributed by atoms with Crippen LogP contribution in [0.1, 0.15) is 53.7 Å². The molecular weight excluding hydrogens is 418 g/mol. The van der Waals surface area contributed by atoms with Gasteiger partial charge in [-0.15, -0.1) is 0 Å². The van der Waals surface area contributed by atoms with E-state index in [1.165, 1.54) is 0 Å². The summed E-state index contributed by atoms with van der Waals surface area (Å²) in [5.74, 6) is 1.39. The average Bonchev–Trinajstić information content (AvgIpc) is 3.59. The van der Waals surface area contributed by atoms with Crippen molar-refractivity contribution >= 4 is 17.5 Å². The molecule has 1 N–H and O–H groups in total. The first-order chi connectivity index (χ1) is 15.9. The first-order valence-electron chi connectivity index (χ1n) is 11.6. The van der Waals surface area contributed by atoms with E-state index in [2.05, 4.69) is 10.2 Å². The molecule has 0 radical (unpaired) electrons. The van der Waals surface area contributed by atoms with Gasteiger partial charge >= 0.3 is 0 Å². The first-order valence-corrected chi connectivity index (χ1v) is 11.6. The molecule has 7 nitrogen and oxygen atoms in total. The van der Waals surface area contributed by atoms with Crippen molar-refractivity contribution in [3.8, 4) is 11.5 Å². The number of benzene rings is 2. The molecule has 1 saturated carbocycles. The molecule has 1 aliphatic heterocycles. The molecule has 0 saturated heterocycles. The number of nitrogens with zero attached hydrogens (tertiary/aromatic N) is 2. The maximum Gasteiger partial charge on any atom is 0.257 e. The molecule has 0 aromatic heterocycles. The number of rotatable bonds is 10. The van der Waals surface area contributed by atoms with E-state index in [4.69, 9.17) is 9.47 Å². The molecule has 0 spiro atoms. The second-order valence-electron chi connectivity index (χ2n) is 8.99. The zero-order valence-electron chi connectivity index (χ0n) is 19.9. The fraction of sp³-hybridized carbons (Fsp3) is 0.462. The van der Waals surface area contributed by atoms with Gasteiger partial charge in [0.1, 0.15) is 0 Å². The number of carbonyl (C=O) groups excluding carboxylic acids is 2. The summed E-state index contributed by atoms with van der Waals surface area (Å²) in [6, 6.07) is 11.5. The molecule has 2 aromatic rings. The molecule has 7 heteroatoms. The van der Waals surface area contributed by atoms with Crippen LogP contribution >= 0.6 is 0 Å². The predicted octanol–water partition coefficient (Wildman–Crippen LogP) is 4.09. The Morgan fingerprint density at radius 2 is 2.00 bits per heavy atom. The summed E-state index contributed by atoms with van der Waals surface area (Å²) in [5.41, 5.74) is 3.18. The van der Waals surface area contributed by atoms with Crippen LogP contribution < -0.4 is 14.8 Å². The average molecular weight is 452 g/mol. The number of carbonyl (C=O) groups is 2. The highest BCUT2D eigenvalue weighted by molar-refractivity contribution is 6.07. The standard InChI is InChI=1S/C26H33N3O4/c1-5-33-23-15-18(11-12-22(23)32-4)21(13-14-28(2)3)29-16-19-7-6-8-20(24(19)26(29)31)27-25(30)17-9-10-17/h6-8,11-12,15,17,21H,5,9-10,13-14,16H2,1-4H3,(H,27,30). The van der Waals surface area contributed by atoms with Gasteiger partial charge in [-0.1, -0.05) is 18.2 Å². The van der Waals surface area contributed by atoms with Gasteiger partial charge in [-0.3, -0.25) is 9.59 Å². The van der Waals surface area contributed by atoms with Crippen molar-refractivity contribution in [2.24, 2.45) is 5.92 Å². The normalized spacial score (nSPS) is 16.0. The largest absolute Gasteiger partial charge is 0.493 e. The lowest BCUT2D eigenvalue weighted by molar-refractivity contribution is -0.117. The second-order valence-corrected chi connectivity index (χ2v) is 8.99. The van der Waals surface area contributed by atoms with Crippen LogP contribution in [0.4, 0.5) is 5.69 Å². The molecule has 176 valence electrons. The molecule has 1 heterocycles. The van der Waals surface area contributed by atoms with Gasteiger partial charge in [0.05, 0.1) is 31.0 Å². The van der Waals surface area contributed by atoms with Gasteiger partial charge in [0, 0.05) is 12.5 Å². The van der Waals surface area contributed by atoms with Crippen molar-refractivity contribution < 1.29 is 19.1 Å². The third kappa shape index (κ3) is 4.98. The number of fused-ring (bicyclic) bond motifs is 1. The smallest absolute Gasteiger partial charge is 0.257 e. The highest BCUT2D eigenvalue weighted by Crippen LogP contribution is 2.40. The highest BCUT2D eigenvalue weighted by Gasteiger charge is 2.37. The van der Waals surface area contributed by atoms with E-state index in [0.717, 1.165) is 36.9 Å². The Hall–Kier alpha value is -3.06. The van der Waals surface area contributed by atoms with E-state index in [9.17, 15) is 9.59 Å². The summed E-state index contributed by atoms with van der Waals surface area (Å²) in [6.07, 6.45) is 2.62. The van der Waals surface area contributed by atoms with E-state index in [-0.39, 0.29) is 23.8 Å².